The predicted octanol–water partition coefficient (Wildman–Crippen LogP) is 3.74. The van der Waals surface area contributed by atoms with Crippen LogP contribution in [0.1, 0.15) is 37.3 Å². The molecule has 20 heavy (non-hydrogen) atoms. The zero-order valence-corrected chi connectivity index (χ0v) is 13.1. The van der Waals surface area contributed by atoms with Crippen molar-refractivity contribution in [2.24, 2.45) is 5.73 Å². The lowest BCUT2D eigenvalue weighted by molar-refractivity contribution is -0.140. The minimum atomic E-state index is -0.219. The van der Waals surface area contributed by atoms with Crippen LogP contribution < -0.4 is 10.5 Å². The van der Waals surface area contributed by atoms with E-state index in [-0.39, 0.29) is 12.0 Å². The van der Waals surface area contributed by atoms with Crippen LogP contribution in [-0.4, -0.2) is 20.2 Å². The number of halogens is 2. The number of benzene rings is 1. The third-order valence-electron chi connectivity index (χ3n) is 3.04. The molecule has 0 spiro atoms. The van der Waals surface area contributed by atoms with Crippen LogP contribution in [0, 0.1) is 0 Å². The highest BCUT2D eigenvalue weighted by Gasteiger charge is 2.14. The number of carbonyl (C=O) groups excluding carboxylic acids is 1. The second kappa shape index (κ2) is 8.35. The van der Waals surface area contributed by atoms with Crippen LogP contribution in [0.25, 0.3) is 0 Å². The predicted molar refractivity (Wildman–Crippen MR) is 80.4 cm³/mol. The molecule has 112 valence electrons. The summed E-state index contributed by atoms with van der Waals surface area (Å²) in [6.07, 6.45) is 2.68. The van der Waals surface area contributed by atoms with Gasteiger partial charge in [-0.25, -0.2) is 0 Å². The van der Waals surface area contributed by atoms with E-state index < -0.39 is 0 Å². The topological polar surface area (TPSA) is 61.5 Å². The SMILES string of the molecule is COC(=O)CCCCC(N)c1cc(Cl)c(OC)cc1Cl. The Hall–Kier alpha value is -0.970. The van der Waals surface area contributed by atoms with Crippen LogP contribution in [0.3, 0.4) is 0 Å². The third-order valence-corrected chi connectivity index (χ3v) is 3.67. The third kappa shape index (κ3) is 4.85. The number of nitrogens with two attached hydrogens (primary N) is 1. The van der Waals surface area contributed by atoms with Gasteiger partial charge in [0.25, 0.3) is 0 Å². The summed E-state index contributed by atoms with van der Waals surface area (Å²) in [6, 6.07) is 3.17. The van der Waals surface area contributed by atoms with Gasteiger partial charge in [-0.05, 0) is 24.5 Å². The fourth-order valence-electron chi connectivity index (χ4n) is 1.88. The summed E-state index contributed by atoms with van der Waals surface area (Å²) in [6.45, 7) is 0. The Kier molecular flexibility index (Phi) is 7.13. The molecule has 0 aliphatic rings. The Morgan fingerprint density at radius 2 is 1.95 bits per heavy atom. The molecule has 0 saturated heterocycles. The minimum absolute atomic E-state index is 0.205. The molecule has 6 heteroatoms. The van der Waals surface area contributed by atoms with Gasteiger partial charge in [0.2, 0.25) is 0 Å². The number of hydrogen-bond acceptors (Lipinski definition) is 4. The number of ether oxygens (including phenoxy) is 2. The largest absolute Gasteiger partial charge is 0.495 e. The molecule has 0 heterocycles. The minimum Gasteiger partial charge on any atom is -0.495 e. The molecule has 1 atom stereocenters. The molecule has 1 aromatic rings. The molecule has 0 aliphatic carbocycles. The van der Waals surface area contributed by atoms with E-state index in [9.17, 15) is 4.79 Å². The van der Waals surface area contributed by atoms with Gasteiger partial charge in [0.1, 0.15) is 5.75 Å². The molecule has 2 N–H and O–H groups in total. The van der Waals surface area contributed by atoms with Crippen molar-refractivity contribution in [3.05, 3.63) is 27.7 Å². The first-order chi connectivity index (χ1) is 9.49. The molecule has 1 unspecified atom stereocenters. The van der Waals surface area contributed by atoms with E-state index in [4.69, 9.17) is 33.7 Å². The molecule has 0 radical (unpaired) electrons. The summed E-state index contributed by atoms with van der Waals surface area (Å²) in [5, 5.41) is 1.02. The molecule has 0 saturated carbocycles. The number of rotatable bonds is 7. The van der Waals surface area contributed by atoms with Crippen molar-refractivity contribution in [2.75, 3.05) is 14.2 Å². The van der Waals surface area contributed by atoms with Gasteiger partial charge in [-0.1, -0.05) is 29.6 Å². The summed E-state index contributed by atoms with van der Waals surface area (Å²) in [4.78, 5) is 11.0. The van der Waals surface area contributed by atoms with E-state index in [1.807, 2.05) is 0 Å². The van der Waals surface area contributed by atoms with Gasteiger partial charge in [-0.2, -0.15) is 0 Å². The van der Waals surface area contributed by atoms with E-state index in [0.29, 0.717) is 22.2 Å². The van der Waals surface area contributed by atoms with Crippen molar-refractivity contribution in [1.29, 1.82) is 0 Å². The van der Waals surface area contributed by atoms with Crippen molar-refractivity contribution in [3.8, 4) is 5.75 Å². The molecule has 0 fully saturated rings. The van der Waals surface area contributed by atoms with E-state index in [1.165, 1.54) is 14.2 Å². The maximum Gasteiger partial charge on any atom is 0.305 e. The highest BCUT2D eigenvalue weighted by atomic mass is 35.5. The van der Waals surface area contributed by atoms with Gasteiger partial charge in [0, 0.05) is 23.6 Å². The summed E-state index contributed by atoms with van der Waals surface area (Å²) in [7, 11) is 2.91. The second-order valence-electron chi connectivity index (χ2n) is 4.44. The summed E-state index contributed by atoms with van der Waals surface area (Å²) in [5.74, 6) is 0.322. The van der Waals surface area contributed by atoms with Crippen molar-refractivity contribution in [3.63, 3.8) is 0 Å². The quantitative estimate of drug-likeness (QED) is 0.614. The standard InChI is InChI=1S/C14H19Cl2NO3/c1-19-13-8-10(15)9(7-11(13)16)12(17)5-3-4-6-14(18)20-2/h7-8,12H,3-6,17H2,1-2H3. The Labute approximate surface area is 129 Å². The maximum absolute atomic E-state index is 11.0. The number of unbranched alkanes of at least 4 members (excludes halogenated alkanes) is 1. The maximum atomic E-state index is 11.0. The first-order valence-corrected chi connectivity index (χ1v) is 7.10. The van der Waals surface area contributed by atoms with E-state index in [0.717, 1.165) is 24.8 Å². The average Bonchev–Trinajstić information content (AvgIpc) is 2.44. The van der Waals surface area contributed by atoms with Crippen molar-refractivity contribution in [1.82, 2.24) is 0 Å². The molecule has 0 aromatic heterocycles. The van der Waals surface area contributed by atoms with Gasteiger partial charge >= 0.3 is 5.97 Å². The van der Waals surface area contributed by atoms with Gasteiger partial charge in [-0.15, -0.1) is 0 Å². The first-order valence-electron chi connectivity index (χ1n) is 6.35. The van der Waals surface area contributed by atoms with Crippen molar-refractivity contribution in [2.45, 2.75) is 31.7 Å². The Morgan fingerprint density at radius 1 is 1.25 bits per heavy atom. The average molecular weight is 320 g/mol. The molecular formula is C14H19Cl2NO3. The van der Waals surface area contributed by atoms with Gasteiger partial charge < -0.3 is 15.2 Å². The lowest BCUT2D eigenvalue weighted by Crippen LogP contribution is -2.11. The lowest BCUT2D eigenvalue weighted by atomic mass is 10.0. The summed E-state index contributed by atoms with van der Waals surface area (Å²) >= 11 is 12.2. The molecular weight excluding hydrogens is 301 g/mol. The summed E-state index contributed by atoms with van der Waals surface area (Å²) < 4.78 is 9.67. The second-order valence-corrected chi connectivity index (χ2v) is 5.25. The highest BCUT2D eigenvalue weighted by Crippen LogP contribution is 2.34. The molecule has 0 aliphatic heterocycles. The smallest absolute Gasteiger partial charge is 0.305 e. The van der Waals surface area contributed by atoms with Crippen LogP contribution in [0.4, 0.5) is 0 Å². The lowest BCUT2D eigenvalue weighted by Gasteiger charge is -2.15. The van der Waals surface area contributed by atoms with Gasteiger partial charge in [0.15, 0.2) is 0 Å². The first kappa shape index (κ1) is 17.1. The van der Waals surface area contributed by atoms with Gasteiger partial charge in [-0.3, -0.25) is 4.79 Å². The number of hydrogen-bond donors (Lipinski definition) is 1. The Morgan fingerprint density at radius 3 is 2.55 bits per heavy atom. The van der Waals surface area contributed by atoms with Crippen LogP contribution in [-0.2, 0) is 9.53 Å². The normalized spacial score (nSPS) is 12.1. The van der Waals surface area contributed by atoms with Crippen LogP contribution in [0.2, 0.25) is 10.0 Å². The fourth-order valence-corrected chi connectivity index (χ4v) is 2.42. The summed E-state index contributed by atoms with van der Waals surface area (Å²) in [5.41, 5.74) is 6.89. The fraction of sp³-hybridized carbons (Fsp3) is 0.500. The Balaban J connectivity index is 2.57. The molecule has 0 bridgehead atoms. The number of methoxy groups -OCH3 is 2. The molecule has 0 amide bonds. The van der Waals surface area contributed by atoms with E-state index >= 15 is 0 Å². The van der Waals surface area contributed by atoms with Crippen LogP contribution in [0.5, 0.6) is 5.75 Å². The zero-order valence-electron chi connectivity index (χ0n) is 11.6. The van der Waals surface area contributed by atoms with Gasteiger partial charge in [0.05, 0.1) is 19.2 Å². The van der Waals surface area contributed by atoms with Crippen molar-refractivity contribution >= 4 is 29.2 Å². The monoisotopic (exact) mass is 319 g/mol. The number of esters is 1. The van der Waals surface area contributed by atoms with Crippen LogP contribution in [0.15, 0.2) is 12.1 Å². The van der Waals surface area contributed by atoms with E-state index in [2.05, 4.69) is 4.74 Å². The molecule has 1 rings (SSSR count). The molecule has 1 aromatic carbocycles. The molecule has 4 nitrogen and oxygen atoms in total. The highest BCUT2D eigenvalue weighted by molar-refractivity contribution is 6.34. The van der Waals surface area contributed by atoms with Crippen LogP contribution >= 0.6 is 23.2 Å². The van der Waals surface area contributed by atoms with E-state index in [1.54, 1.807) is 12.1 Å². The number of carbonyl (C=O) groups is 1. The van der Waals surface area contributed by atoms with Crippen molar-refractivity contribution < 1.29 is 14.3 Å². The zero-order chi connectivity index (χ0) is 15.1. The Bertz CT molecular complexity index is 466.